The Morgan fingerprint density at radius 2 is 1.36 bits per heavy atom. The van der Waals surface area contributed by atoms with Crippen molar-refractivity contribution < 1.29 is 63.0 Å². The van der Waals surface area contributed by atoms with E-state index in [0.717, 1.165) is 30.4 Å². The summed E-state index contributed by atoms with van der Waals surface area (Å²) in [6.45, 7) is 3.67. The zero-order valence-corrected chi connectivity index (χ0v) is 45.7. The second kappa shape index (κ2) is 31.0. The highest BCUT2D eigenvalue weighted by Gasteiger charge is 2.45. The van der Waals surface area contributed by atoms with Crippen LogP contribution in [0.4, 0.5) is 0 Å². The minimum Gasteiger partial charge on any atom is -0.481 e. The van der Waals surface area contributed by atoms with E-state index in [0.29, 0.717) is 37.0 Å². The van der Waals surface area contributed by atoms with Crippen LogP contribution in [0.1, 0.15) is 108 Å². The van der Waals surface area contributed by atoms with Crippen LogP contribution in [0, 0.1) is 0 Å². The molecule has 0 unspecified atom stereocenters. The Bertz CT molecular complexity index is 2470. The molecule has 0 radical (unpaired) electrons. The van der Waals surface area contributed by atoms with E-state index in [9.17, 15) is 63.0 Å². The van der Waals surface area contributed by atoms with E-state index >= 15 is 0 Å². The molecule has 12 N–H and O–H groups in total. The molecule has 5 rings (SSSR count). The fourth-order valence-electron chi connectivity index (χ4n) is 9.46. The summed E-state index contributed by atoms with van der Waals surface area (Å²) in [6.07, 6.45) is 1.53. The number of hydrogen-bond acceptors (Lipinski definition) is 14. The molecule has 78 heavy (non-hydrogen) atoms. The van der Waals surface area contributed by atoms with Crippen molar-refractivity contribution in [2.75, 3.05) is 24.6 Å². The van der Waals surface area contributed by atoms with Gasteiger partial charge in [0.2, 0.25) is 59.1 Å². The number of carbonyl (C=O) groups is 11. The van der Waals surface area contributed by atoms with Crippen molar-refractivity contribution in [3.8, 4) is 0 Å². The minimum absolute atomic E-state index is 0.147. The van der Waals surface area contributed by atoms with Gasteiger partial charge in [-0.2, -0.15) is 23.5 Å². The lowest BCUT2D eigenvalue weighted by atomic mass is 10.0. The average Bonchev–Trinajstić information content (AvgIpc) is 4.13. The molecule has 3 aliphatic rings. The van der Waals surface area contributed by atoms with Crippen LogP contribution < -0.4 is 43.4 Å². The van der Waals surface area contributed by atoms with Crippen molar-refractivity contribution >= 4 is 88.6 Å². The van der Waals surface area contributed by atoms with Gasteiger partial charge in [0.25, 0.3) is 0 Å². The second-order valence-corrected chi connectivity index (χ2v) is 21.9. The van der Waals surface area contributed by atoms with Crippen molar-refractivity contribution in [3.63, 3.8) is 0 Å². The molecule has 0 saturated carbocycles. The van der Waals surface area contributed by atoms with Crippen LogP contribution in [0.25, 0.3) is 0 Å². The molecule has 0 spiro atoms. The third kappa shape index (κ3) is 19.0. The average molecular weight is 1120 g/mol. The first-order chi connectivity index (χ1) is 37.3. The Morgan fingerprint density at radius 1 is 0.731 bits per heavy atom. The van der Waals surface area contributed by atoms with Gasteiger partial charge in [-0.3, -0.25) is 52.7 Å². The molecule has 2 saturated heterocycles. The molecule has 25 heteroatoms. The van der Waals surface area contributed by atoms with Crippen molar-refractivity contribution in [3.05, 3.63) is 71.3 Å². The molecule has 9 atom stereocenters. The number of aliphatic carboxylic acids is 1. The zero-order chi connectivity index (χ0) is 56.9. The SMILES string of the molecule is CCCCCCC(=O)N[C@H]1CSCc2cccc(c2)CSC[C@@H](C(=O)N[C@@H](CC(=O)O)C(N)=O)NC(=O)[C@H](Cc2ccccc2)NC(=O)[C@H](CCC(N)=O)NC(=O)[C@H]([C@@H](C)O)NC(=O)[C@@H]2CCCN2C(=O)[C@@H]2CCCN2C1=O. The number of aliphatic hydroxyl groups excluding tert-OH is 1. The number of rotatable bonds is 17. The Labute approximate surface area is 462 Å². The van der Waals surface area contributed by atoms with Crippen LogP contribution in [-0.4, -0.2) is 164 Å². The molecule has 3 aliphatic heterocycles. The molecule has 3 heterocycles. The highest BCUT2D eigenvalue weighted by Crippen LogP contribution is 2.27. The van der Waals surface area contributed by atoms with Gasteiger partial charge >= 0.3 is 5.97 Å². The van der Waals surface area contributed by atoms with E-state index in [2.05, 4.69) is 38.8 Å². The minimum atomic E-state index is -1.72. The van der Waals surface area contributed by atoms with Crippen LogP contribution in [0.15, 0.2) is 54.6 Å². The molecule has 2 aromatic rings. The predicted molar refractivity (Wildman–Crippen MR) is 290 cm³/mol. The number of aliphatic hydroxyl groups is 1. The topological polar surface area (TPSA) is 359 Å². The Morgan fingerprint density at radius 3 is 1.99 bits per heavy atom. The number of nitrogens with two attached hydrogens (primary N) is 2. The first-order valence-electron chi connectivity index (χ1n) is 26.4. The Balaban J connectivity index is 1.52. The molecular weight excluding hydrogens is 1050 g/mol. The van der Waals surface area contributed by atoms with Crippen LogP contribution in [-0.2, 0) is 70.7 Å². The Kier molecular flexibility index (Phi) is 24.7. The number of amides is 10. The number of thioether (sulfide) groups is 2. The van der Waals surface area contributed by atoms with Crippen molar-refractivity contribution in [1.82, 2.24) is 41.7 Å². The second-order valence-electron chi connectivity index (χ2n) is 19.8. The van der Waals surface area contributed by atoms with E-state index in [4.69, 9.17) is 11.5 Å². The van der Waals surface area contributed by atoms with Crippen LogP contribution >= 0.6 is 23.5 Å². The number of unbranched alkanes of at least 4 members (excludes halogenated alkanes) is 3. The molecule has 426 valence electrons. The maximum Gasteiger partial charge on any atom is 0.305 e. The van der Waals surface area contributed by atoms with Crippen molar-refractivity contribution in [2.24, 2.45) is 11.5 Å². The summed E-state index contributed by atoms with van der Waals surface area (Å²) in [5.41, 5.74) is 13.1. The van der Waals surface area contributed by atoms with E-state index in [-0.39, 0.29) is 55.5 Å². The maximum atomic E-state index is 14.6. The number of carboxylic acids is 1. The molecular formula is C53H74N10O13S2. The first kappa shape index (κ1) is 62.1. The lowest BCUT2D eigenvalue weighted by molar-refractivity contribution is -0.148. The van der Waals surface area contributed by atoms with E-state index in [1.165, 1.54) is 40.2 Å². The number of primary amides is 2. The van der Waals surface area contributed by atoms with E-state index in [1.54, 1.807) is 30.3 Å². The van der Waals surface area contributed by atoms with Crippen molar-refractivity contribution in [1.29, 1.82) is 0 Å². The van der Waals surface area contributed by atoms with E-state index in [1.807, 2.05) is 24.3 Å². The summed E-state index contributed by atoms with van der Waals surface area (Å²) < 4.78 is 0. The van der Waals surface area contributed by atoms with Gasteiger partial charge in [-0.25, -0.2) is 0 Å². The molecule has 23 nitrogen and oxygen atoms in total. The molecule has 0 aromatic heterocycles. The quantitative estimate of drug-likeness (QED) is 0.0924. The smallest absolute Gasteiger partial charge is 0.305 e. The Hall–Kier alpha value is -6.73. The van der Waals surface area contributed by atoms with Crippen LogP contribution in [0.2, 0.25) is 0 Å². The monoisotopic (exact) mass is 1120 g/mol. The van der Waals surface area contributed by atoms with Gasteiger partial charge in [-0.1, -0.05) is 80.8 Å². The van der Waals surface area contributed by atoms with E-state index < -0.39 is 133 Å². The highest BCUT2D eigenvalue weighted by atomic mass is 32.2. The normalized spacial score (nSPS) is 24.1. The first-order valence-corrected chi connectivity index (χ1v) is 28.7. The van der Waals surface area contributed by atoms with Gasteiger partial charge in [-0.05, 0) is 62.1 Å². The van der Waals surface area contributed by atoms with Crippen molar-refractivity contribution in [2.45, 2.75) is 163 Å². The summed E-state index contributed by atoms with van der Waals surface area (Å²) in [5, 5.41) is 35.9. The number of hydrogen-bond donors (Lipinski definition) is 10. The summed E-state index contributed by atoms with van der Waals surface area (Å²) in [6, 6.07) is 4.92. The van der Waals surface area contributed by atoms with Gasteiger partial charge in [0.05, 0.1) is 12.5 Å². The lowest BCUT2D eigenvalue weighted by Gasteiger charge is -2.33. The summed E-state index contributed by atoms with van der Waals surface area (Å²) in [7, 11) is 0. The molecule has 0 aliphatic carbocycles. The van der Waals surface area contributed by atoms with Crippen LogP contribution in [0.5, 0.6) is 0 Å². The van der Waals surface area contributed by atoms with Gasteiger partial charge in [-0.15, -0.1) is 0 Å². The van der Waals surface area contributed by atoms with Gasteiger partial charge in [0.1, 0.15) is 48.3 Å². The van der Waals surface area contributed by atoms with Gasteiger partial charge in [0, 0.05) is 55.4 Å². The summed E-state index contributed by atoms with van der Waals surface area (Å²) in [5.74, 6) is -8.68. The highest BCUT2D eigenvalue weighted by molar-refractivity contribution is 7.98. The van der Waals surface area contributed by atoms with Gasteiger partial charge < -0.3 is 63.4 Å². The molecule has 2 bridgehead atoms. The lowest BCUT2D eigenvalue weighted by Crippen LogP contribution is -2.62. The standard InChI is InChI=1S/C53H74N10O13S2/c1-3-4-5-9-19-43(66)56-39-30-78-28-34-16-10-15-33(24-34)27-77-29-38(49(72)58-36(46(55)69)26-44(67)68)60-48(71)37(25-32-13-7-6-8-14-32)59-47(70)35(20-21-42(54)65)57-51(74)45(31(2)64)61-50(73)40-17-11-22-62(40)53(76)41-18-12-23-63(41)52(39)75/h6-8,10,13-16,24,31,35-41,45,64H,3-5,9,11-12,17-23,25-30H2,1-2H3,(H2,54,65)(H2,55,69)(H,56,66)(H,57,74)(H,58,72)(H,59,70)(H,60,71)(H,61,73)(H,67,68)/t31-,35+,36+,37+,38+,39+,40+,41+,45+/m1/s1. The zero-order valence-electron chi connectivity index (χ0n) is 44.1. The number of benzene rings is 2. The predicted octanol–water partition coefficient (Wildman–Crippen LogP) is -0.123. The number of nitrogens with one attached hydrogen (secondary N) is 6. The molecule has 10 amide bonds. The largest absolute Gasteiger partial charge is 0.481 e. The fraction of sp³-hybridized carbons (Fsp3) is 0.566. The molecule has 2 aromatic carbocycles. The number of carboxylic acid groups (broad SMARTS) is 1. The van der Waals surface area contributed by atoms with Crippen LogP contribution in [0.3, 0.4) is 0 Å². The fourth-order valence-corrected chi connectivity index (χ4v) is 11.5. The van der Waals surface area contributed by atoms with Gasteiger partial charge in [0.15, 0.2) is 0 Å². The number of carbonyl (C=O) groups excluding carboxylic acids is 10. The third-order valence-corrected chi connectivity index (χ3v) is 15.8. The summed E-state index contributed by atoms with van der Waals surface area (Å²) >= 11 is 2.61. The molecule has 2 fully saturated rings. The number of fused-ring (bicyclic) bond motifs is 4. The summed E-state index contributed by atoms with van der Waals surface area (Å²) in [4.78, 5) is 152. The number of nitrogens with zero attached hydrogens (tertiary/aromatic N) is 2. The third-order valence-electron chi connectivity index (χ3n) is 13.6. The maximum absolute atomic E-state index is 14.6.